The van der Waals surface area contributed by atoms with Crippen molar-refractivity contribution < 1.29 is 25.9 Å². The molecule has 0 aliphatic heterocycles. The SMILES string of the molecule is [2H]c1ccc2o[c-]c(-c3nc4ccccc4n3-c3c(-c4ccccc4)cc(C)cc3-c3ccccc3)c2c1.[Ir].[c-]1ccccc1-c1ccccn1. The Balaban J connectivity index is 0.000000265. The number of aromatic nitrogens is 3. The van der Waals surface area contributed by atoms with Crippen molar-refractivity contribution in [1.82, 2.24) is 14.5 Å². The molecule has 3 aromatic heterocycles. The van der Waals surface area contributed by atoms with Gasteiger partial charge in [-0.05, 0) is 59.6 Å². The van der Waals surface area contributed by atoms with Gasteiger partial charge in [0.05, 0.1) is 23.9 Å². The Morgan fingerprint density at radius 1 is 0.700 bits per heavy atom. The van der Waals surface area contributed by atoms with Gasteiger partial charge >= 0.3 is 0 Å². The van der Waals surface area contributed by atoms with Crippen LogP contribution in [0.15, 0.2) is 174 Å². The average molecular weight is 823 g/mol. The van der Waals surface area contributed by atoms with Crippen LogP contribution in [0.4, 0.5) is 0 Å². The van der Waals surface area contributed by atoms with Crippen LogP contribution in [0.5, 0.6) is 0 Å². The van der Waals surface area contributed by atoms with Gasteiger partial charge in [0.15, 0.2) is 0 Å². The van der Waals surface area contributed by atoms with E-state index in [1.54, 1.807) is 12.3 Å². The van der Waals surface area contributed by atoms with E-state index in [1.807, 2.05) is 84.9 Å². The first kappa shape index (κ1) is 31.4. The third-order valence-electron chi connectivity index (χ3n) is 8.44. The molecule has 0 N–H and O–H groups in total. The van der Waals surface area contributed by atoms with Crippen LogP contribution < -0.4 is 0 Å². The van der Waals surface area contributed by atoms with E-state index in [1.165, 1.54) is 5.56 Å². The van der Waals surface area contributed by atoms with Crippen molar-refractivity contribution in [3.8, 4) is 50.6 Å². The van der Waals surface area contributed by atoms with E-state index < -0.39 is 0 Å². The molecule has 243 valence electrons. The Morgan fingerprint density at radius 2 is 1.38 bits per heavy atom. The first-order chi connectivity index (χ1) is 24.6. The normalized spacial score (nSPS) is 11.0. The minimum Gasteiger partial charge on any atom is -0.557 e. The zero-order chi connectivity index (χ0) is 33.9. The number of hydrogen-bond donors (Lipinski definition) is 0. The molecule has 0 saturated heterocycles. The largest absolute Gasteiger partial charge is 0.557 e. The van der Waals surface area contributed by atoms with Crippen LogP contribution >= 0.6 is 0 Å². The van der Waals surface area contributed by atoms with Gasteiger partial charge in [-0.2, -0.15) is 0 Å². The van der Waals surface area contributed by atoms with Crippen molar-refractivity contribution in [3.05, 3.63) is 188 Å². The number of nitrogens with zero attached hydrogens (tertiary/aromatic N) is 3. The van der Waals surface area contributed by atoms with Crippen molar-refractivity contribution in [1.29, 1.82) is 0 Å². The standard InChI is InChI=1S/C34H23N2O.C11H8N.Ir/c1-23-20-27(24-12-4-2-5-13-24)33(28(21-23)25-14-6-3-7-15-25)36-31-18-10-9-17-30(31)35-34(36)29-22-37-32-19-11-8-16-26(29)32;1-2-6-10(7-3-1)11-8-4-5-9-12-11;/h2-21H,1H3;1-6,8-9H;/q2*-1;/i8D;;. The second-order valence-electron chi connectivity index (χ2n) is 11.7. The van der Waals surface area contributed by atoms with Crippen molar-refractivity contribution in [2.75, 3.05) is 0 Å². The summed E-state index contributed by atoms with van der Waals surface area (Å²) in [7, 11) is 0. The number of aryl methyl sites for hydroxylation is 1. The molecule has 4 nitrogen and oxygen atoms in total. The van der Waals surface area contributed by atoms with Gasteiger partial charge in [0, 0.05) is 49.3 Å². The monoisotopic (exact) mass is 823 g/mol. The van der Waals surface area contributed by atoms with E-state index in [4.69, 9.17) is 10.8 Å². The molecule has 9 rings (SSSR count). The number of rotatable bonds is 5. The molecule has 5 heteroatoms. The molecule has 0 atom stereocenters. The van der Waals surface area contributed by atoms with E-state index in [-0.39, 0.29) is 20.1 Å². The number of fused-ring (bicyclic) bond motifs is 2. The Kier molecular flexibility index (Phi) is 9.24. The number of pyridine rings is 1. The fraction of sp³-hybridized carbons (Fsp3) is 0.0222. The summed E-state index contributed by atoms with van der Waals surface area (Å²) in [5.41, 5.74) is 12.0. The number of para-hydroxylation sites is 3. The third-order valence-corrected chi connectivity index (χ3v) is 8.44. The van der Waals surface area contributed by atoms with Crippen LogP contribution in [-0.4, -0.2) is 14.5 Å². The minimum atomic E-state index is 0. The second-order valence-corrected chi connectivity index (χ2v) is 11.7. The molecular formula is C45H31IrN3O-2. The number of benzene rings is 6. The van der Waals surface area contributed by atoms with Gasteiger partial charge in [0.1, 0.15) is 0 Å². The summed E-state index contributed by atoms with van der Waals surface area (Å²) in [4.78, 5) is 9.33. The Bertz CT molecular complexity index is 2450. The smallest absolute Gasteiger partial charge is 0.0774 e. The predicted octanol–water partition coefficient (Wildman–Crippen LogP) is 11.4. The molecule has 1 radical (unpaired) electrons. The quantitative estimate of drug-likeness (QED) is 0.162. The zero-order valence-corrected chi connectivity index (χ0v) is 29.6. The maximum Gasteiger partial charge on any atom is 0.0774 e. The van der Waals surface area contributed by atoms with Crippen LogP contribution in [0.2, 0.25) is 0 Å². The molecule has 0 unspecified atom stereocenters. The predicted molar refractivity (Wildman–Crippen MR) is 199 cm³/mol. The number of imidazole rings is 1. The Hall–Kier alpha value is -5.87. The van der Waals surface area contributed by atoms with Crippen molar-refractivity contribution in [3.63, 3.8) is 0 Å². The second kappa shape index (κ2) is 14.7. The summed E-state index contributed by atoms with van der Waals surface area (Å²) in [5.74, 6) is 0.730. The molecule has 0 fully saturated rings. The molecule has 50 heavy (non-hydrogen) atoms. The van der Waals surface area contributed by atoms with Crippen LogP contribution in [0.3, 0.4) is 0 Å². The summed E-state index contributed by atoms with van der Waals surface area (Å²) in [6, 6.07) is 56.3. The minimum absolute atomic E-state index is 0. The van der Waals surface area contributed by atoms with Crippen molar-refractivity contribution >= 4 is 22.0 Å². The van der Waals surface area contributed by atoms with E-state index in [0.29, 0.717) is 11.6 Å². The summed E-state index contributed by atoms with van der Waals surface area (Å²) in [5, 5.41) is 0.823. The Morgan fingerprint density at radius 3 is 2.06 bits per heavy atom. The third kappa shape index (κ3) is 6.45. The summed E-state index contributed by atoms with van der Waals surface area (Å²) < 4.78 is 16.3. The fourth-order valence-corrected chi connectivity index (χ4v) is 6.22. The first-order valence-corrected chi connectivity index (χ1v) is 16.2. The van der Waals surface area contributed by atoms with Crippen molar-refractivity contribution in [2.24, 2.45) is 0 Å². The van der Waals surface area contributed by atoms with Crippen LogP contribution in [0, 0.1) is 19.3 Å². The van der Waals surface area contributed by atoms with E-state index in [0.717, 1.165) is 67.0 Å². The van der Waals surface area contributed by atoms with Gasteiger partial charge in [0.2, 0.25) is 0 Å². The maximum absolute atomic E-state index is 8.23. The van der Waals surface area contributed by atoms with E-state index >= 15 is 0 Å². The van der Waals surface area contributed by atoms with Crippen LogP contribution in [-0.2, 0) is 20.1 Å². The number of hydrogen-bond acceptors (Lipinski definition) is 3. The van der Waals surface area contributed by atoms with Crippen LogP contribution in [0.1, 0.15) is 6.93 Å². The Labute approximate surface area is 306 Å². The van der Waals surface area contributed by atoms with Gasteiger partial charge < -0.3 is 14.0 Å². The van der Waals surface area contributed by atoms with Crippen molar-refractivity contribution in [2.45, 2.75) is 6.92 Å². The van der Waals surface area contributed by atoms with E-state index in [9.17, 15) is 0 Å². The molecule has 6 aromatic carbocycles. The molecule has 0 amide bonds. The zero-order valence-electron chi connectivity index (χ0n) is 28.2. The van der Waals surface area contributed by atoms with E-state index in [2.05, 4.69) is 95.5 Å². The topological polar surface area (TPSA) is 43.9 Å². The van der Waals surface area contributed by atoms with Gasteiger partial charge in [-0.3, -0.25) is 4.98 Å². The molecule has 3 heterocycles. The first-order valence-electron chi connectivity index (χ1n) is 16.7. The molecule has 0 spiro atoms. The average Bonchev–Trinajstić information content (AvgIpc) is 3.77. The molecule has 9 aromatic rings. The van der Waals surface area contributed by atoms with Gasteiger partial charge in [-0.25, -0.2) is 0 Å². The molecule has 0 aliphatic rings. The maximum atomic E-state index is 8.23. The summed E-state index contributed by atoms with van der Waals surface area (Å²) >= 11 is 0. The van der Waals surface area contributed by atoms with Gasteiger partial charge in [0.25, 0.3) is 0 Å². The molecular weight excluding hydrogens is 791 g/mol. The summed E-state index contributed by atoms with van der Waals surface area (Å²) in [6.07, 6.45) is 4.90. The van der Waals surface area contributed by atoms with Gasteiger partial charge in [-0.1, -0.05) is 114 Å². The molecule has 0 saturated carbocycles. The van der Waals surface area contributed by atoms with Gasteiger partial charge in [-0.15, -0.1) is 42.0 Å². The number of furan rings is 1. The molecule has 0 aliphatic carbocycles. The fourth-order valence-electron chi connectivity index (χ4n) is 6.22. The van der Waals surface area contributed by atoms with Crippen LogP contribution in [0.25, 0.3) is 72.6 Å². The summed E-state index contributed by atoms with van der Waals surface area (Å²) in [6.45, 7) is 2.14. The molecule has 0 bridgehead atoms.